The van der Waals surface area contributed by atoms with Crippen molar-refractivity contribution in [2.24, 2.45) is 11.8 Å². The molecule has 1 aromatic heterocycles. The van der Waals surface area contributed by atoms with Crippen LogP contribution in [0.4, 0.5) is 0 Å². The summed E-state index contributed by atoms with van der Waals surface area (Å²) in [5.74, 6) is 2.18. The number of nitrogens with zero attached hydrogens (tertiary/aromatic N) is 3. The first kappa shape index (κ1) is 12.6. The van der Waals surface area contributed by atoms with Gasteiger partial charge in [-0.15, -0.1) is 0 Å². The van der Waals surface area contributed by atoms with Gasteiger partial charge in [-0.2, -0.15) is 5.10 Å². The molecule has 1 saturated carbocycles. The zero-order valence-corrected chi connectivity index (χ0v) is 11.1. The second kappa shape index (κ2) is 4.77. The van der Waals surface area contributed by atoms with Gasteiger partial charge in [-0.25, -0.2) is 9.67 Å². The third-order valence-electron chi connectivity index (χ3n) is 3.20. The zero-order valence-electron chi connectivity index (χ0n) is 11.1. The minimum Gasteiger partial charge on any atom is -0.390 e. The first-order valence-corrected chi connectivity index (χ1v) is 6.55. The zero-order chi connectivity index (χ0) is 12.5. The number of aromatic nitrogens is 3. The molecule has 1 heterocycles. The van der Waals surface area contributed by atoms with Gasteiger partial charge < -0.3 is 5.11 Å². The summed E-state index contributed by atoms with van der Waals surface area (Å²) in [6.45, 7) is 7.11. The lowest BCUT2D eigenvalue weighted by molar-refractivity contribution is 0.0422. The summed E-state index contributed by atoms with van der Waals surface area (Å²) in [7, 11) is 0. The van der Waals surface area contributed by atoms with Crippen LogP contribution in [0.15, 0.2) is 6.33 Å². The molecule has 1 N–H and O–H groups in total. The van der Waals surface area contributed by atoms with Crippen molar-refractivity contribution in [2.75, 3.05) is 0 Å². The highest BCUT2D eigenvalue weighted by Crippen LogP contribution is 2.37. The Morgan fingerprint density at radius 3 is 2.82 bits per heavy atom. The highest BCUT2D eigenvalue weighted by atomic mass is 16.3. The molecule has 0 aromatic carbocycles. The topological polar surface area (TPSA) is 50.9 Å². The maximum atomic E-state index is 10.4. The van der Waals surface area contributed by atoms with Gasteiger partial charge in [0.05, 0.1) is 5.60 Å². The molecule has 0 spiro atoms. The standard InChI is InChI=1S/C13H23N3O/c1-10(2)8-16-12(14-9-15-16)7-13(3,17)6-11-4-5-11/h9-11,17H,4-8H2,1-3H3. The minimum atomic E-state index is -0.636. The Kier molecular flexibility index (Phi) is 3.52. The van der Waals surface area contributed by atoms with Gasteiger partial charge in [-0.05, 0) is 25.2 Å². The molecule has 0 bridgehead atoms. The Hall–Kier alpha value is -0.900. The third-order valence-corrected chi connectivity index (χ3v) is 3.20. The summed E-state index contributed by atoms with van der Waals surface area (Å²) in [6.07, 6.45) is 5.63. The van der Waals surface area contributed by atoms with Crippen LogP contribution in [-0.4, -0.2) is 25.5 Å². The van der Waals surface area contributed by atoms with E-state index in [0.29, 0.717) is 12.3 Å². The molecule has 4 nitrogen and oxygen atoms in total. The molecule has 0 radical (unpaired) electrons. The third kappa shape index (κ3) is 3.80. The molecule has 4 heteroatoms. The van der Waals surface area contributed by atoms with E-state index in [9.17, 15) is 5.11 Å². The molecule has 1 aliphatic rings. The summed E-state index contributed by atoms with van der Waals surface area (Å²) >= 11 is 0. The normalized spacial score (nSPS) is 19.6. The van der Waals surface area contributed by atoms with Crippen LogP contribution in [-0.2, 0) is 13.0 Å². The van der Waals surface area contributed by atoms with Crippen LogP contribution in [0.25, 0.3) is 0 Å². The molecular weight excluding hydrogens is 214 g/mol. The van der Waals surface area contributed by atoms with Crippen LogP contribution in [0, 0.1) is 11.8 Å². The molecule has 2 rings (SSSR count). The number of hydrogen-bond acceptors (Lipinski definition) is 3. The summed E-state index contributed by atoms with van der Waals surface area (Å²) in [4.78, 5) is 4.27. The monoisotopic (exact) mass is 237 g/mol. The summed E-state index contributed by atoms with van der Waals surface area (Å²) in [5.41, 5.74) is -0.636. The molecule has 1 unspecified atom stereocenters. The fraction of sp³-hybridized carbons (Fsp3) is 0.846. The Labute approximate surface area is 103 Å². The van der Waals surface area contributed by atoms with Crippen LogP contribution < -0.4 is 0 Å². The molecule has 1 aromatic rings. The summed E-state index contributed by atoms with van der Waals surface area (Å²) < 4.78 is 1.92. The second-order valence-electron chi connectivity index (χ2n) is 6.07. The average molecular weight is 237 g/mol. The lowest BCUT2D eigenvalue weighted by Crippen LogP contribution is -2.30. The minimum absolute atomic E-state index is 0.545. The lowest BCUT2D eigenvalue weighted by Gasteiger charge is -2.23. The molecule has 0 aliphatic heterocycles. The van der Waals surface area contributed by atoms with Crippen LogP contribution >= 0.6 is 0 Å². The molecule has 0 amide bonds. The maximum absolute atomic E-state index is 10.4. The smallest absolute Gasteiger partial charge is 0.138 e. The Balaban J connectivity index is 1.98. The second-order valence-corrected chi connectivity index (χ2v) is 6.07. The SMILES string of the molecule is CC(C)Cn1ncnc1CC(C)(O)CC1CC1. The quantitative estimate of drug-likeness (QED) is 0.823. The van der Waals surface area contributed by atoms with E-state index in [0.717, 1.165) is 24.7 Å². The van der Waals surface area contributed by atoms with E-state index in [1.54, 1.807) is 6.33 Å². The van der Waals surface area contributed by atoms with Gasteiger partial charge in [0.2, 0.25) is 0 Å². The van der Waals surface area contributed by atoms with Gasteiger partial charge >= 0.3 is 0 Å². The van der Waals surface area contributed by atoms with Crippen LogP contribution in [0.2, 0.25) is 0 Å². The van der Waals surface area contributed by atoms with E-state index < -0.39 is 5.60 Å². The van der Waals surface area contributed by atoms with Crippen molar-refractivity contribution in [1.29, 1.82) is 0 Å². The van der Waals surface area contributed by atoms with Gasteiger partial charge in [0.25, 0.3) is 0 Å². The van der Waals surface area contributed by atoms with Gasteiger partial charge in [0.1, 0.15) is 12.2 Å². The molecule has 1 atom stereocenters. The van der Waals surface area contributed by atoms with Crippen molar-refractivity contribution in [3.05, 3.63) is 12.2 Å². The number of hydrogen-bond donors (Lipinski definition) is 1. The maximum Gasteiger partial charge on any atom is 0.138 e. The van der Waals surface area contributed by atoms with Crippen molar-refractivity contribution in [3.63, 3.8) is 0 Å². The van der Waals surface area contributed by atoms with Crippen molar-refractivity contribution in [1.82, 2.24) is 14.8 Å². The lowest BCUT2D eigenvalue weighted by atomic mass is 9.95. The van der Waals surface area contributed by atoms with E-state index in [-0.39, 0.29) is 0 Å². The summed E-state index contributed by atoms with van der Waals surface area (Å²) in [6, 6.07) is 0. The number of aliphatic hydroxyl groups is 1. The van der Waals surface area contributed by atoms with E-state index in [1.807, 2.05) is 11.6 Å². The van der Waals surface area contributed by atoms with E-state index >= 15 is 0 Å². The van der Waals surface area contributed by atoms with Gasteiger partial charge in [0.15, 0.2) is 0 Å². The molecule has 0 saturated heterocycles. The van der Waals surface area contributed by atoms with Crippen molar-refractivity contribution in [3.8, 4) is 0 Å². The molecule has 96 valence electrons. The van der Waals surface area contributed by atoms with Crippen molar-refractivity contribution in [2.45, 2.75) is 58.6 Å². The van der Waals surface area contributed by atoms with E-state index in [2.05, 4.69) is 23.9 Å². The van der Waals surface area contributed by atoms with Crippen LogP contribution in [0.5, 0.6) is 0 Å². The Bertz CT molecular complexity index is 366. The van der Waals surface area contributed by atoms with Crippen LogP contribution in [0.1, 0.15) is 45.9 Å². The van der Waals surface area contributed by atoms with Gasteiger partial charge in [-0.1, -0.05) is 26.7 Å². The van der Waals surface area contributed by atoms with E-state index in [1.165, 1.54) is 12.8 Å². The predicted molar refractivity (Wildman–Crippen MR) is 66.5 cm³/mol. The largest absolute Gasteiger partial charge is 0.390 e. The Morgan fingerprint density at radius 1 is 1.53 bits per heavy atom. The predicted octanol–water partition coefficient (Wildman–Crippen LogP) is 2.03. The van der Waals surface area contributed by atoms with Gasteiger partial charge in [-0.3, -0.25) is 0 Å². The average Bonchev–Trinajstić information content (AvgIpc) is 2.88. The fourth-order valence-corrected chi connectivity index (χ4v) is 2.28. The molecule has 1 aliphatic carbocycles. The summed E-state index contributed by atoms with van der Waals surface area (Å²) in [5, 5.41) is 14.6. The Morgan fingerprint density at radius 2 is 2.24 bits per heavy atom. The van der Waals surface area contributed by atoms with Crippen molar-refractivity contribution >= 4 is 0 Å². The highest BCUT2D eigenvalue weighted by Gasteiger charge is 2.32. The first-order chi connectivity index (χ1) is 7.96. The first-order valence-electron chi connectivity index (χ1n) is 6.55. The van der Waals surface area contributed by atoms with Crippen LogP contribution in [0.3, 0.4) is 0 Å². The van der Waals surface area contributed by atoms with Gasteiger partial charge in [0, 0.05) is 13.0 Å². The van der Waals surface area contributed by atoms with E-state index in [4.69, 9.17) is 0 Å². The molecule has 17 heavy (non-hydrogen) atoms. The number of rotatable bonds is 6. The molecule has 1 fully saturated rings. The van der Waals surface area contributed by atoms with Crippen molar-refractivity contribution < 1.29 is 5.11 Å². The highest BCUT2D eigenvalue weighted by molar-refractivity contribution is 4.95. The molecular formula is C13H23N3O. The fourth-order valence-electron chi connectivity index (χ4n) is 2.28.